The molecule has 92 valence electrons. The van der Waals surface area contributed by atoms with Crippen LogP contribution in [0.2, 0.25) is 0 Å². The fourth-order valence-corrected chi connectivity index (χ4v) is 2.44. The highest BCUT2D eigenvalue weighted by molar-refractivity contribution is 7.99. The second-order valence-corrected chi connectivity index (χ2v) is 4.96. The Morgan fingerprint density at radius 3 is 3.00 bits per heavy atom. The number of hydrogen-bond acceptors (Lipinski definition) is 5. The summed E-state index contributed by atoms with van der Waals surface area (Å²) in [6.07, 6.45) is 6.60. The average molecular weight is 256 g/mol. The molecule has 0 fully saturated rings. The van der Waals surface area contributed by atoms with Crippen molar-refractivity contribution in [3.05, 3.63) is 6.33 Å². The van der Waals surface area contributed by atoms with Crippen molar-refractivity contribution in [3.8, 4) is 0 Å². The van der Waals surface area contributed by atoms with Gasteiger partial charge in [0, 0.05) is 5.75 Å². The first-order valence-corrected chi connectivity index (χ1v) is 6.89. The predicted molar refractivity (Wildman–Crippen MR) is 71.0 cm³/mol. The van der Waals surface area contributed by atoms with Crippen LogP contribution in [0.3, 0.4) is 0 Å². The Kier molecular flexibility index (Phi) is 4.19. The molecule has 0 amide bonds. The zero-order chi connectivity index (χ0) is 12.1. The first kappa shape index (κ1) is 12.2. The zero-order valence-electron chi connectivity index (χ0n) is 9.94. The molecule has 0 saturated carbocycles. The van der Waals surface area contributed by atoms with Crippen LogP contribution in [0.4, 0.5) is 5.82 Å². The van der Waals surface area contributed by atoms with Gasteiger partial charge in [-0.1, -0.05) is 37.9 Å². The highest BCUT2D eigenvalue weighted by atomic mass is 32.2. The average Bonchev–Trinajstić information content (AvgIpc) is 2.77. The van der Waals surface area contributed by atoms with E-state index in [0.717, 1.165) is 16.4 Å². The van der Waals surface area contributed by atoms with Crippen molar-refractivity contribution in [2.45, 2.75) is 37.8 Å². The van der Waals surface area contributed by atoms with Gasteiger partial charge < -0.3 is 10.7 Å². The lowest BCUT2D eigenvalue weighted by Gasteiger charge is -2.01. The molecule has 0 unspecified atom stereocenters. The minimum absolute atomic E-state index is 0.476. The summed E-state index contributed by atoms with van der Waals surface area (Å²) in [6, 6.07) is 0. The quantitative estimate of drug-likeness (QED) is 0.359. The number of aromatic amines is 1. The van der Waals surface area contributed by atoms with Crippen LogP contribution >= 0.6 is 11.8 Å². The number of anilines is 1. The minimum Gasteiger partial charge on any atom is -0.382 e. The van der Waals surface area contributed by atoms with Gasteiger partial charge in [-0.3, -0.25) is 0 Å². The van der Waals surface area contributed by atoms with Crippen LogP contribution in [0.5, 0.6) is 0 Å². The first-order valence-electron chi connectivity index (χ1n) is 5.90. The maximum atomic E-state index is 5.82. The van der Waals surface area contributed by atoms with Gasteiger partial charge in [0.15, 0.2) is 16.6 Å². The third-order valence-electron chi connectivity index (χ3n) is 2.52. The monoisotopic (exact) mass is 256 g/mol. The molecule has 0 aliphatic carbocycles. The molecule has 6 heteroatoms. The largest absolute Gasteiger partial charge is 0.382 e. The molecule has 17 heavy (non-hydrogen) atoms. The first-order chi connectivity index (χ1) is 8.31. The van der Waals surface area contributed by atoms with E-state index in [1.807, 2.05) is 0 Å². The van der Waals surface area contributed by atoms with Crippen LogP contribution in [0.1, 0.15) is 32.6 Å². The van der Waals surface area contributed by atoms with Crippen LogP contribution in [0.25, 0.3) is 11.2 Å². The summed E-state index contributed by atoms with van der Waals surface area (Å²) in [7, 11) is 0. The van der Waals surface area contributed by atoms with E-state index in [2.05, 4.69) is 26.9 Å². The van der Waals surface area contributed by atoms with Gasteiger partial charge in [0.1, 0.15) is 5.52 Å². The summed E-state index contributed by atoms with van der Waals surface area (Å²) >= 11 is 1.65. The van der Waals surface area contributed by atoms with Gasteiger partial charge in [-0.25, -0.2) is 15.0 Å². The number of nitrogen functional groups attached to an aromatic ring is 1. The number of nitrogens with two attached hydrogens (primary N) is 1. The second-order valence-electron chi connectivity index (χ2n) is 3.90. The van der Waals surface area contributed by atoms with Gasteiger partial charge in [0.05, 0.1) is 6.33 Å². The number of fused-ring (bicyclic) bond motifs is 1. The van der Waals surface area contributed by atoms with Crippen molar-refractivity contribution in [3.63, 3.8) is 0 Å². The molecule has 0 radical (unpaired) electrons. The highest BCUT2D eigenvalue weighted by Gasteiger charge is 2.07. The van der Waals surface area contributed by atoms with Crippen LogP contribution in [-0.4, -0.2) is 25.7 Å². The van der Waals surface area contributed by atoms with E-state index in [4.69, 9.17) is 5.73 Å². The smallest absolute Gasteiger partial charge is 0.191 e. The van der Waals surface area contributed by atoms with Crippen molar-refractivity contribution in [1.29, 1.82) is 0 Å². The number of nitrogens with one attached hydrogen (secondary N) is 1. The lowest BCUT2D eigenvalue weighted by atomic mass is 10.2. The lowest BCUT2D eigenvalue weighted by Crippen LogP contribution is -1.97. The molecule has 0 aliphatic heterocycles. The van der Waals surface area contributed by atoms with Crippen molar-refractivity contribution >= 4 is 28.7 Å². The SMILES string of the molecule is CCCCCCSc1[15n]c([15NH2])c2[15nH]c[15n]c2[15n]1. The molecule has 0 saturated heterocycles. The van der Waals surface area contributed by atoms with Crippen LogP contribution in [0.15, 0.2) is 11.5 Å². The van der Waals surface area contributed by atoms with E-state index in [1.54, 1.807) is 18.1 Å². The molecule has 2 aromatic heterocycles. The molecular weight excluding hydrogens is 239 g/mol. The van der Waals surface area contributed by atoms with Gasteiger partial charge in [-0.05, 0) is 6.42 Å². The van der Waals surface area contributed by atoms with Gasteiger partial charge in [0.2, 0.25) is 0 Å². The number of thioether (sulfide) groups is 1. The Labute approximate surface area is 105 Å². The minimum atomic E-state index is 0.476. The fraction of sp³-hybridized carbons (Fsp3) is 0.545. The van der Waals surface area contributed by atoms with Gasteiger partial charge in [0.25, 0.3) is 0 Å². The number of hydrogen-bond donors (Lipinski definition) is 2. The molecule has 0 aromatic carbocycles. The Bertz CT molecular complexity index is 482. The molecular formula is C11H17N5S. The standard InChI is InChI=1S/C11H17N5S/c1-2-3-4-5-6-17-11-15-9(12)8-10(16-11)14-7-13-8/h7H,2-6H2,1H3,(H3,12,13,14,15,16)/i12+1,13+1,14+1,15+1,16+1. The second kappa shape index (κ2) is 5.86. The summed E-state index contributed by atoms with van der Waals surface area (Å²) in [5, 5.41) is 0.721. The van der Waals surface area contributed by atoms with Crippen molar-refractivity contribution in [1.82, 2.24) is 19.9 Å². The molecule has 3 N–H and O–H groups in total. The van der Waals surface area contributed by atoms with E-state index in [0.29, 0.717) is 11.5 Å². The van der Waals surface area contributed by atoms with E-state index in [1.165, 1.54) is 25.7 Å². The zero-order valence-corrected chi connectivity index (χ0v) is 10.8. The maximum Gasteiger partial charge on any atom is 0.191 e. The summed E-state index contributed by atoms with van der Waals surface area (Å²) in [6.45, 7) is 2.21. The molecule has 2 heterocycles. The Morgan fingerprint density at radius 1 is 1.29 bits per heavy atom. The van der Waals surface area contributed by atoms with Crippen molar-refractivity contribution in [2.75, 3.05) is 11.5 Å². The normalized spacial score (nSPS) is 11.1. The van der Waals surface area contributed by atoms with Gasteiger partial charge in [-0.2, -0.15) is 0 Å². The summed E-state index contributed by atoms with van der Waals surface area (Å²) < 4.78 is 0. The molecule has 2 aromatic rings. The molecule has 5 nitrogen and oxygen atoms in total. The third kappa shape index (κ3) is 3.09. The van der Waals surface area contributed by atoms with E-state index < -0.39 is 0 Å². The molecule has 2 rings (SSSR count). The number of nitrogens with zero attached hydrogens (tertiary/aromatic N) is 3. The van der Waals surface area contributed by atoms with E-state index in [-0.39, 0.29) is 0 Å². The van der Waals surface area contributed by atoms with Crippen LogP contribution in [0, 0.1) is 0 Å². The molecule has 0 aliphatic rings. The Balaban J connectivity index is 1.94. The van der Waals surface area contributed by atoms with Gasteiger partial charge >= 0.3 is 0 Å². The summed E-state index contributed by atoms with van der Waals surface area (Å²) in [5.74, 6) is 1.51. The Hall–Kier alpha value is -1.30. The third-order valence-corrected chi connectivity index (χ3v) is 3.46. The van der Waals surface area contributed by atoms with Crippen LogP contribution < -0.4 is 5.73 Å². The Morgan fingerprint density at radius 2 is 2.18 bits per heavy atom. The predicted octanol–water partition coefficient (Wildman–Crippen LogP) is 2.61. The number of unbranched alkanes of at least 4 members (excludes halogenated alkanes) is 3. The number of aromatic nitrogens is 4. The number of rotatable bonds is 6. The molecule has 0 spiro atoms. The topological polar surface area (TPSA) is 80.5 Å². The summed E-state index contributed by atoms with van der Waals surface area (Å²) in [5.41, 5.74) is 7.19. The van der Waals surface area contributed by atoms with Gasteiger partial charge in [-0.15, -0.1) is 0 Å². The number of H-pyrrole nitrogens is 1. The van der Waals surface area contributed by atoms with E-state index >= 15 is 0 Å². The lowest BCUT2D eigenvalue weighted by molar-refractivity contribution is 0.706. The maximum absolute atomic E-state index is 5.82. The fourth-order valence-electron chi connectivity index (χ4n) is 1.59. The van der Waals surface area contributed by atoms with E-state index in [9.17, 15) is 0 Å². The molecule has 0 atom stereocenters. The summed E-state index contributed by atoms with van der Waals surface area (Å²) in [4.78, 5) is 15.6. The highest BCUT2D eigenvalue weighted by Crippen LogP contribution is 2.20. The van der Waals surface area contributed by atoms with Crippen molar-refractivity contribution in [2.24, 2.45) is 0 Å². The molecule has 0 bridgehead atoms. The van der Waals surface area contributed by atoms with Crippen molar-refractivity contribution < 1.29 is 0 Å². The van der Waals surface area contributed by atoms with Crippen LogP contribution in [-0.2, 0) is 0 Å². The number of imidazole rings is 1.